The molecule has 2 heterocycles. The Balaban J connectivity index is 2.09. The molecule has 10 heavy (non-hydrogen) atoms. The molecule has 3 nitrogen and oxygen atoms in total. The summed E-state index contributed by atoms with van der Waals surface area (Å²) in [5.41, 5.74) is 0. The molecule has 2 saturated heterocycles. The van der Waals surface area contributed by atoms with Gasteiger partial charge >= 0.3 is 0 Å². The van der Waals surface area contributed by atoms with Crippen LogP contribution < -0.4 is 0 Å². The first kappa shape index (κ1) is 6.58. The highest BCUT2D eigenvalue weighted by molar-refractivity contribution is 4.82. The maximum atomic E-state index is 9.40. The molecule has 0 spiro atoms. The molecule has 58 valence electrons. The van der Waals surface area contributed by atoms with E-state index in [1.165, 1.54) is 0 Å². The molecule has 2 bridgehead atoms. The fourth-order valence-corrected chi connectivity index (χ4v) is 1.54. The third-order valence-electron chi connectivity index (χ3n) is 2.31. The minimum absolute atomic E-state index is 0.138. The van der Waals surface area contributed by atoms with Crippen LogP contribution in [0.4, 0.5) is 0 Å². The van der Waals surface area contributed by atoms with Gasteiger partial charge in [-0.1, -0.05) is 6.92 Å². The normalized spacial score (nSPS) is 53.4. The molecule has 2 aliphatic rings. The SMILES string of the molecule is CC1[C@@H]2OCC(C[C@H]1O)O2. The Labute approximate surface area is 59.9 Å². The van der Waals surface area contributed by atoms with Crippen LogP contribution in [0.2, 0.25) is 0 Å². The van der Waals surface area contributed by atoms with Crippen LogP contribution in [-0.2, 0) is 9.47 Å². The summed E-state index contributed by atoms with van der Waals surface area (Å²) in [5, 5.41) is 9.40. The number of aliphatic hydroxyl groups excluding tert-OH is 1. The molecule has 2 unspecified atom stereocenters. The summed E-state index contributed by atoms with van der Waals surface area (Å²) in [5.74, 6) is 0.138. The molecule has 1 N–H and O–H groups in total. The Morgan fingerprint density at radius 3 is 3.10 bits per heavy atom. The molecule has 0 aliphatic carbocycles. The standard InChI is InChI=1S/C7H12O3/c1-4-6(8)2-5-3-9-7(4)10-5/h4-8H,2-3H2,1H3/t4?,5?,6-,7-/m1/s1. The van der Waals surface area contributed by atoms with Crippen molar-refractivity contribution in [2.75, 3.05) is 6.61 Å². The first-order valence-electron chi connectivity index (χ1n) is 3.72. The third-order valence-corrected chi connectivity index (χ3v) is 2.31. The average Bonchev–Trinajstić information content (AvgIpc) is 2.29. The minimum atomic E-state index is -0.230. The largest absolute Gasteiger partial charge is 0.393 e. The van der Waals surface area contributed by atoms with Gasteiger partial charge in [0.25, 0.3) is 0 Å². The van der Waals surface area contributed by atoms with Crippen molar-refractivity contribution in [3.05, 3.63) is 0 Å². The lowest BCUT2D eigenvalue weighted by Gasteiger charge is -2.28. The monoisotopic (exact) mass is 144 g/mol. The zero-order valence-corrected chi connectivity index (χ0v) is 5.99. The lowest BCUT2D eigenvalue weighted by Crippen LogP contribution is -2.37. The summed E-state index contributed by atoms with van der Waals surface area (Å²) in [7, 11) is 0. The van der Waals surface area contributed by atoms with Crippen molar-refractivity contribution in [2.24, 2.45) is 5.92 Å². The zero-order valence-electron chi connectivity index (χ0n) is 5.99. The molecule has 4 atom stereocenters. The molecule has 2 fully saturated rings. The van der Waals surface area contributed by atoms with Crippen molar-refractivity contribution in [1.29, 1.82) is 0 Å². The van der Waals surface area contributed by atoms with Gasteiger partial charge in [-0.25, -0.2) is 0 Å². The Morgan fingerprint density at radius 1 is 1.50 bits per heavy atom. The van der Waals surface area contributed by atoms with Crippen LogP contribution >= 0.6 is 0 Å². The molecule has 0 amide bonds. The second-order valence-electron chi connectivity index (χ2n) is 3.12. The van der Waals surface area contributed by atoms with Crippen LogP contribution in [0.15, 0.2) is 0 Å². The van der Waals surface area contributed by atoms with Crippen LogP contribution in [0.3, 0.4) is 0 Å². The molecular weight excluding hydrogens is 132 g/mol. The molecule has 0 aromatic heterocycles. The van der Waals surface area contributed by atoms with E-state index in [9.17, 15) is 5.11 Å². The predicted octanol–water partition coefficient (Wildman–Crippen LogP) is 0.129. The van der Waals surface area contributed by atoms with Gasteiger partial charge in [0.05, 0.1) is 18.8 Å². The van der Waals surface area contributed by atoms with E-state index in [0.717, 1.165) is 6.42 Å². The first-order chi connectivity index (χ1) is 4.77. The molecule has 2 aliphatic heterocycles. The van der Waals surface area contributed by atoms with E-state index in [4.69, 9.17) is 9.47 Å². The summed E-state index contributed by atoms with van der Waals surface area (Å²) >= 11 is 0. The Hall–Kier alpha value is -0.120. The van der Waals surface area contributed by atoms with Gasteiger partial charge in [0.15, 0.2) is 6.29 Å². The summed E-state index contributed by atoms with van der Waals surface area (Å²) in [6.07, 6.45) is 0.508. The van der Waals surface area contributed by atoms with Crippen LogP contribution in [-0.4, -0.2) is 30.2 Å². The first-order valence-corrected chi connectivity index (χ1v) is 3.72. The highest BCUT2D eigenvalue weighted by Crippen LogP contribution is 2.31. The predicted molar refractivity (Wildman–Crippen MR) is 34.4 cm³/mol. The molecule has 0 saturated carbocycles. The summed E-state index contributed by atoms with van der Waals surface area (Å²) in [4.78, 5) is 0. The van der Waals surface area contributed by atoms with Gasteiger partial charge in [0.2, 0.25) is 0 Å². The number of fused-ring (bicyclic) bond motifs is 2. The van der Waals surface area contributed by atoms with Crippen LogP contribution in [0.25, 0.3) is 0 Å². The fourth-order valence-electron chi connectivity index (χ4n) is 1.54. The van der Waals surface area contributed by atoms with Gasteiger partial charge in [0, 0.05) is 12.3 Å². The quantitative estimate of drug-likeness (QED) is 0.525. The van der Waals surface area contributed by atoms with Crippen molar-refractivity contribution in [2.45, 2.75) is 31.8 Å². The molecule has 0 aromatic rings. The van der Waals surface area contributed by atoms with Gasteiger partial charge in [0.1, 0.15) is 0 Å². The van der Waals surface area contributed by atoms with Crippen molar-refractivity contribution >= 4 is 0 Å². The fraction of sp³-hybridized carbons (Fsp3) is 1.00. The number of ether oxygens (including phenoxy) is 2. The summed E-state index contributed by atoms with van der Waals surface area (Å²) in [6.45, 7) is 2.61. The molecule has 0 aromatic carbocycles. The summed E-state index contributed by atoms with van der Waals surface area (Å²) in [6, 6.07) is 0. The lowest BCUT2D eigenvalue weighted by atomic mass is 9.97. The number of hydrogen-bond donors (Lipinski definition) is 1. The minimum Gasteiger partial charge on any atom is -0.393 e. The molecule has 0 radical (unpaired) electrons. The highest BCUT2D eigenvalue weighted by atomic mass is 16.7. The van der Waals surface area contributed by atoms with Crippen LogP contribution in [0, 0.1) is 5.92 Å². The van der Waals surface area contributed by atoms with Gasteiger partial charge in [-0.3, -0.25) is 0 Å². The Bertz CT molecular complexity index is 137. The maximum Gasteiger partial charge on any atom is 0.163 e. The van der Waals surface area contributed by atoms with Gasteiger partial charge < -0.3 is 14.6 Å². The van der Waals surface area contributed by atoms with Crippen molar-refractivity contribution in [1.82, 2.24) is 0 Å². The van der Waals surface area contributed by atoms with Crippen molar-refractivity contribution in [3.63, 3.8) is 0 Å². The molecular formula is C7H12O3. The number of hydrogen-bond acceptors (Lipinski definition) is 3. The van der Waals surface area contributed by atoms with Crippen LogP contribution in [0.1, 0.15) is 13.3 Å². The maximum absolute atomic E-state index is 9.40. The number of aliphatic hydroxyl groups is 1. The second-order valence-corrected chi connectivity index (χ2v) is 3.12. The van der Waals surface area contributed by atoms with E-state index in [-0.39, 0.29) is 24.4 Å². The second kappa shape index (κ2) is 2.19. The molecule has 3 heteroatoms. The van der Waals surface area contributed by atoms with E-state index >= 15 is 0 Å². The summed E-state index contributed by atoms with van der Waals surface area (Å²) < 4.78 is 10.7. The van der Waals surface area contributed by atoms with E-state index < -0.39 is 0 Å². The average molecular weight is 144 g/mol. The van der Waals surface area contributed by atoms with Crippen molar-refractivity contribution < 1.29 is 14.6 Å². The van der Waals surface area contributed by atoms with Gasteiger partial charge in [-0.15, -0.1) is 0 Å². The topological polar surface area (TPSA) is 38.7 Å². The third kappa shape index (κ3) is 0.856. The lowest BCUT2D eigenvalue weighted by molar-refractivity contribution is -0.154. The highest BCUT2D eigenvalue weighted by Gasteiger charge is 2.40. The Kier molecular flexibility index (Phi) is 1.44. The van der Waals surface area contributed by atoms with Crippen molar-refractivity contribution in [3.8, 4) is 0 Å². The Morgan fingerprint density at radius 2 is 2.30 bits per heavy atom. The van der Waals surface area contributed by atoms with Crippen LogP contribution in [0.5, 0.6) is 0 Å². The van der Waals surface area contributed by atoms with E-state index in [2.05, 4.69) is 0 Å². The van der Waals surface area contributed by atoms with Gasteiger partial charge in [-0.05, 0) is 0 Å². The van der Waals surface area contributed by atoms with E-state index in [1.807, 2.05) is 6.92 Å². The van der Waals surface area contributed by atoms with E-state index in [1.54, 1.807) is 0 Å². The van der Waals surface area contributed by atoms with E-state index in [0.29, 0.717) is 6.61 Å². The zero-order chi connectivity index (χ0) is 7.14. The molecule has 2 rings (SSSR count). The smallest absolute Gasteiger partial charge is 0.163 e. The van der Waals surface area contributed by atoms with Gasteiger partial charge in [-0.2, -0.15) is 0 Å². The number of rotatable bonds is 0.